The number of aromatic nitrogens is 2. The summed E-state index contributed by atoms with van der Waals surface area (Å²) in [7, 11) is 0. The predicted molar refractivity (Wildman–Crippen MR) is 105 cm³/mol. The van der Waals surface area contributed by atoms with Crippen molar-refractivity contribution < 1.29 is 4.39 Å². The quantitative estimate of drug-likeness (QED) is 0.578. The van der Waals surface area contributed by atoms with Gasteiger partial charge in [0.15, 0.2) is 0 Å². The smallest absolute Gasteiger partial charge is 0.229 e. The van der Waals surface area contributed by atoms with E-state index < -0.39 is 5.82 Å². The number of para-hydroxylation sites is 1. The van der Waals surface area contributed by atoms with E-state index in [1.54, 1.807) is 6.07 Å². The zero-order valence-corrected chi connectivity index (χ0v) is 15.2. The minimum Gasteiger partial charge on any atom is -0.366 e. The molecule has 1 aromatic heterocycles. The molecule has 1 aliphatic rings. The first-order valence-electron chi connectivity index (χ1n) is 8.89. The molecule has 1 fully saturated rings. The fourth-order valence-electron chi connectivity index (χ4n) is 3.17. The van der Waals surface area contributed by atoms with E-state index in [9.17, 15) is 4.39 Å². The van der Waals surface area contributed by atoms with E-state index >= 15 is 0 Å². The Kier molecular flexibility index (Phi) is 4.64. The molecule has 4 nitrogen and oxygen atoms in total. The van der Waals surface area contributed by atoms with E-state index in [2.05, 4.69) is 27.5 Å². The Hall–Kier alpha value is -2.40. The zero-order valence-electron chi connectivity index (χ0n) is 14.5. The summed E-state index contributed by atoms with van der Waals surface area (Å²) >= 11 is 5.87. The zero-order chi connectivity index (χ0) is 18.1. The normalized spacial score (nSPS) is 15.0. The number of hydrogen-bond acceptors (Lipinski definition) is 4. The highest BCUT2D eigenvalue weighted by Crippen LogP contribution is 2.36. The van der Waals surface area contributed by atoms with E-state index in [1.165, 1.54) is 25.0 Å². The largest absolute Gasteiger partial charge is 0.366 e. The summed E-state index contributed by atoms with van der Waals surface area (Å²) in [6.45, 7) is 2.19. The van der Waals surface area contributed by atoms with Crippen LogP contribution in [0.15, 0.2) is 42.5 Å². The lowest BCUT2D eigenvalue weighted by Gasteiger charge is -2.19. The summed E-state index contributed by atoms with van der Waals surface area (Å²) in [5, 5.41) is 7.79. The second-order valence-corrected chi connectivity index (χ2v) is 7.07. The van der Waals surface area contributed by atoms with E-state index in [-0.39, 0.29) is 5.02 Å². The van der Waals surface area contributed by atoms with Crippen LogP contribution in [0.25, 0.3) is 10.9 Å². The van der Waals surface area contributed by atoms with Crippen LogP contribution in [0, 0.1) is 11.7 Å². The molecule has 4 rings (SSSR count). The van der Waals surface area contributed by atoms with Gasteiger partial charge < -0.3 is 10.6 Å². The fraction of sp³-hybridized carbons (Fsp3) is 0.300. The van der Waals surface area contributed by atoms with Crippen molar-refractivity contribution in [3.05, 3.63) is 53.3 Å². The third-order valence-electron chi connectivity index (χ3n) is 4.73. The van der Waals surface area contributed by atoms with E-state index in [1.807, 2.05) is 24.3 Å². The fourth-order valence-corrected chi connectivity index (χ4v) is 3.35. The third-order valence-corrected chi connectivity index (χ3v) is 5.02. The average Bonchev–Trinajstić information content (AvgIpc) is 3.48. The van der Waals surface area contributed by atoms with E-state index in [4.69, 9.17) is 11.6 Å². The van der Waals surface area contributed by atoms with Gasteiger partial charge in [0.2, 0.25) is 5.95 Å². The number of rotatable bonds is 6. The minimum atomic E-state index is -0.450. The van der Waals surface area contributed by atoms with Crippen molar-refractivity contribution in [3.63, 3.8) is 0 Å². The molecule has 1 aliphatic carbocycles. The molecular formula is C20H20ClFN4. The molecule has 2 aromatic carbocycles. The summed E-state index contributed by atoms with van der Waals surface area (Å²) in [5.74, 6) is 1.56. The Morgan fingerprint density at radius 1 is 1.19 bits per heavy atom. The Morgan fingerprint density at radius 3 is 2.73 bits per heavy atom. The van der Waals surface area contributed by atoms with Crippen LogP contribution in [0.3, 0.4) is 0 Å². The van der Waals surface area contributed by atoms with Gasteiger partial charge in [-0.25, -0.2) is 9.37 Å². The van der Waals surface area contributed by atoms with Crippen LogP contribution in [0.5, 0.6) is 0 Å². The van der Waals surface area contributed by atoms with Crippen molar-refractivity contribution in [2.75, 3.05) is 10.6 Å². The molecule has 134 valence electrons. The maximum absolute atomic E-state index is 13.4. The lowest BCUT2D eigenvalue weighted by Crippen LogP contribution is -2.22. The molecule has 1 saturated carbocycles. The van der Waals surface area contributed by atoms with Crippen LogP contribution in [-0.2, 0) is 0 Å². The third kappa shape index (κ3) is 3.58. The summed E-state index contributed by atoms with van der Waals surface area (Å²) in [6, 6.07) is 12.8. The maximum atomic E-state index is 13.4. The van der Waals surface area contributed by atoms with Crippen molar-refractivity contribution in [2.24, 2.45) is 5.92 Å². The summed E-state index contributed by atoms with van der Waals surface area (Å²) in [4.78, 5) is 9.25. The van der Waals surface area contributed by atoms with Crippen LogP contribution < -0.4 is 10.6 Å². The summed E-state index contributed by atoms with van der Waals surface area (Å²) in [6.07, 6.45) is 3.60. The number of anilines is 3. The highest BCUT2D eigenvalue weighted by molar-refractivity contribution is 6.31. The molecule has 0 saturated heterocycles. The Balaban J connectivity index is 1.69. The monoisotopic (exact) mass is 370 g/mol. The topological polar surface area (TPSA) is 49.8 Å². The lowest BCUT2D eigenvalue weighted by atomic mass is 10.1. The van der Waals surface area contributed by atoms with Gasteiger partial charge in [0.25, 0.3) is 0 Å². The molecule has 26 heavy (non-hydrogen) atoms. The molecule has 0 unspecified atom stereocenters. The predicted octanol–water partition coefficient (Wildman–Crippen LogP) is 5.77. The molecule has 6 heteroatoms. The van der Waals surface area contributed by atoms with Crippen LogP contribution in [0.2, 0.25) is 5.02 Å². The van der Waals surface area contributed by atoms with Gasteiger partial charge in [0.1, 0.15) is 11.6 Å². The van der Waals surface area contributed by atoms with Gasteiger partial charge in [0, 0.05) is 17.1 Å². The number of halogens is 2. The number of hydrogen-bond donors (Lipinski definition) is 2. The molecule has 1 heterocycles. The first kappa shape index (κ1) is 17.0. The van der Waals surface area contributed by atoms with Crippen LogP contribution in [0.4, 0.5) is 21.8 Å². The van der Waals surface area contributed by atoms with Crippen molar-refractivity contribution >= 4 is 40.0 Å². The molecular weight excluding hydrogens is 351 g/mol. The average molecular weight is 371 g/mol. The molecule has 2 N–H and O–H groups in total. The van der Waals surface area contributed by atoms with Gasteiger partial charge in [-0.15, -0.1) is 0 Å². The molecule has 0 amide bonds. The van der Waals surface area contributed by atoms with E-state index in [0.717, 1.165) is 29.1 Å². The molecule has 0 bridgehead atoms. The standard InChI is InChI=1S/C20H20ClFN4/c1-2-17(12-7-8-12)24-19-14-5-3-4-6-18(14)25-20(26-19)23-13-9-10-16(22)15(21)11-13/h3-6,9-12,17H,2,7-8H2,1H3,(H2,23,24,25,26)/t17-/m1/s1. The van der Waals surface area contributed by atoms with Crippen molar-refractivity contribution in [1.29, 1.82) is 0 Å². The van der Waals surface area contributed by atoms with Crippen molar-refractivity contribution in [2.45, 2.75) is 32.2 Å². The first-order valence-corrected chi connectivity index (χ1v) is 9.27. The Morgan fingerprint density at radius 2 is 2.00 bits per heavy atom. The number of nitrogens with zero attached hydrogens (tertiary/aromatic N) is 2. The first-order chi connectivity index (χ1) is 12.6. The highest BCUT2D eigenvalue weighted by atomic mass is 35.5. The van der Waals surface area contributed by atoms with Gasteiger partial charge in [-0.2, -0.15) is 4.98 Å². The van der Waals surface area contributed by atoms with Gasteiger partial charge in [-0.3, -0.25) is 0 Å². The van der Waals surface area contributed by atoms with Gasteiger partial charge in [-0.1, -0.05) is 30.7 Å². The number of fused-ring (bicyclic) bond motifs is 1. The van der Waals surface area contributed by atoms with Crippen molar-refractivity contribution in [3.8, 4) is 0 Å². The van der Waals surface area contributed by atoms with Crippen LogP contribution in [0.1, 0.15) is 26.2 Å². The Labute approximate surface area is 156 Å². The van der Waals surface area contributed by atoms with Gasteiger partial charge in [0.05, 0.1) is 10.5 Å². The highest BCUT2D eigenvalue weighted by Gasteiger charge is 2.30. The maximum Gasteiger partial charge on any atom is 0.229 e. The summed E-state index contributed by atoms with van der Waals surface area (Å²) in [5.41, 5.74) is 1.50. The van der Waals surface area contributed by atoms with Gasteiger partial charge >= 0.3 is 0 Å². The van der Waals surface area contributed by atoms with Crippen LogP contribution >= 0.6 is 11.6 Å². The number of benzene rings is 2. The Bertz CT molecular complexity index is 942. The van der Waals surface area contributed by atoms with Gasteiger partial charge in [-0.05, 0) is 55.5 Å². The molecule has 0 spiro atoms. The second kappa shape index (κ2) is 7.08. The summed E-state index contributed by atoms with van der Waals surface area (Å²) < 4.78 is 13.4. The van der Waals surface area contributed by atoms with Crippen molar-refractivity contribution in [1.82, 2.24) is 9.97 Å². The molecule has 0 aliphatic heterocycles. The SMILES string of the molecule is CC[C@@H](Nc1nc(Nc2ccc(F)c(Cl)c2)nc2ccccc12)C1CC1. The van der Waals surface area contributed by atoms with Crippen LogP contribution in [-0.4, -0.2) is 16.0 Å². The van der Waals surface area contributed by atoms with E-state index in [0.29, 0.717) is 17.7 Å². The minimum absolute atomic E-state index is 0.0638. The molecule has 0 radical (unpaired) electrons. The molecule has 3 aromatic rings. The lowest BCUT2D eigenvalue weighted by molar-refractivity contribution is 0.615. The number of nitrogens with one attached hydrogen (secondary N) is 2. The molecule has 1 atom stereocenters. The second-order valence-electron chi connectivity index (χ2n) is 6.66.